The number of hydrogen-bond donors (Lipinski definition) is 2. The molecule has 0 aromatic heterocycles. The molecule has 0 saturated heterocycles. The fourth-order valence-electron chi connectivity index (χ4n) is 2.58. The predicted molar refractivity (Wildman–Crippen MR) is 78.3 cm³/mol. The van der Waals surface area contributed by atoms with Crippen molar-refractivity contribution in [3.8, 4) is 0 Å². The lowest BCUT2D eigenvalue weighted by Crippen LogP contribution is -2.26. The maximum absolute atomic E-state index is 7.44. The summed E-state index contributed by atoms with van der Waals surface area (Å²) in [5.41, 5.74) is 7.84. The summed E-state index contributed by atoms with van der Waals surface area (Å²) in [6.45, 7) is 5.28. The molecule has 3 N–H and O–H groups in total. The van der Waals surface area contributed by atoms with Crippen LogP contribution in [-0.2, 0) is 11.3 Å². The smallest absolute Gasteiger partial charge is 0.122 e. The quantitative estimate of drug-likeness (QED) is 0.643. The molecule has 0 atom stereocenters. The van der Waals surface area contributed by atoms with Gasteiger partial charge in [0.25, 0.3) is 0 Å². The van der Waals surface area contributed by atoms with Crippen molar-refractivity contribution in [2.75, 3.05) is 0 Å². The molecule has 3 nitrogen and oxygen atoms in total. The minimum atomic E-state index is 0.112. The molecule has 2 rings (SSSR count). The van der Waals surface area contributed by atoms with Crippen LogP contribution in [0.15, 0.2) is 24.3 Å². The van der Waals surface area contributed by atoms with Crippen LogP contribution < -0.4 is 5.73 Å². The summed E-state index contributed by atoms with van der Waals surface area (Å²) >= 11 is 0. The van der Waals surface area contributed by atoms with Crippen molar-refractivity contribution in [1.82, 2.24) is 0 Å². The Morgan fingerprint density at radius 3 is 2.68 bits per heavy atom. The highest BCUT2D eigenvalue weighted by atomic mass is 16.5. The van der Waals surface area contributed by atoms with Crippen molar-refractivity contribution >= 4 is 5.84 Å². The van der Waals surface area contributed by atoms with Gasteiger partial charge in [-0.1, -0.05) is 32.0 Å². The number of nitrogens with one attached hydrogen (secondary N) is 1. The number of nitrogen functional groups attached to an aromatic ring is 1. The van der Waals surface area contributed by atoms with Crippen molar-refractivity contribution in [2.24, 2.45) is 11.1 Å². The van der Waals surface area contributed by atoms with Gasteiger partial charge in [0.15, 0.2) is 0 Å². The van der Waals surface area contributed by atoms with Crippen molar-refractivity contribution in [3.05, 3.63) is 35.4 Å². The summed E-state index contributed by atoms with van der Waals surface area (Å²) in [6.07, 6.45) is 5.17. The Balaban J connectivity index is 1.86. The van der Waals surface area contributed by atoms with Crippen LogP contribution in [0.4, 0.5) is 0 Å². The normalized spacial score (nSPS) is 19.3. The minimum Gasteiger partial charge on any atom is -0.384 e. The van der Waals surface area contributed by atoms with E-state index >= 15 is 0 Å². The van der Waals surface area contributed by atoms with Gasteiger partial charge in [0, 0.05) is 5.56 Å². The topological polar surface area (TPSA) is 59.1 Å². The first-order valence-corrected chi connectivity index (χ1v) is 7.01. The fraction of sp³-hybridized carbons (Fsp3) is 0.562. The third-order valence-corrected chi connectivity index (χ3v) is 4.01. The van der Waals surface area contributed by atoms with Crippen LogP contribution in [0, 0.1) is 10.8 Å². The van der Waals surface area contributed by atoms with Gasteiger partial charge in [-0.05, 0) is 42.7 Å². The van der Waals surface area contributed by atoms with Crippen LogP contribution in [-0.4, -0.2) is 11.9 Å². The maximum atomic E-state index is 7.44. The van der Waals surface area contributed by atoms with Crippen LogP contribution >= 0.6 is 0 Å². The van der Waals surface area contributed by atoms with Gasteiger partial charge < -0.3 is 10.5 Å². The second kappa shape index (κ2) is 5.74. The molecule has 0 unspecified atom stereocenters. The standard InChI is InChI=1S/C16H24N2O/c1-16(2)8-6-14(7-9-16)19-11-12-4-3-5-13(10-12)15(17)18/h3-5,10,14H,6-9,11H2,1-2H3,(H3,17,18). The van der Waals surface area contributed by atoms with E-state index in [-0.39, 0.29) is 5.84 Å². The molecule has 1 aromatic carbocycles. The third-order valence-electron chi connectivity index (χ3n) is 4.01. The number of amidine groups is 1. The van der Waals surface area contributed by atoms with E-state index in [2.05, 4.69) is 13.8 Å². The summed E-state index contributed by atoms with van der Waals surface area (Å²) in [4.78, 5) is 0. The zero-order valence-corrected chi connectivity index (χ0v) is 11.9. The van der Waals surface area contributed by atoms with E-state index in [0.717, 1.165) is 24.0 Å². The SMILES string of the molecule is CC1(C)CCC(OCc2cccc(C(=N)N)c2)CC1. The Labute approximate surface area is 115 Å². The van der Waals surface area contributed by atoms with Crippen LogP contribution in [0.2, 0.25) is 0 Å². The summed E-state index contributed by atoms with van der Waals surface area (Å²) in [7, 11) is 0. The van der Waals surface area contributed by atoms with E-state index in [1.807, 2.05) is 24.3 Å². The minimum absolute atomic E-state index is 0.112. The molecule has 104 valence electrons. The van der Waals surface area contributed by atoms with Crippen LogP contribution in [0.5, 0.6) is 0 Å². The molecule has 0 aliphatic heterocycles. The molecule has 3 heteroatoms. The lowest BCUT2D eigenvalue weighted by molar-refractivity contribution is -0.00558. The van der Waals surface area contributed by atoms with Gasteiger partial charge in [0.2, 0.25) is 0 Å². The van der Waals surface area contributed by atoms with E-state index in [9.17, 15) is 0 Å². The largest absolute Gasteiger partial charge is 0.384 e. The Bertz CT molecular complexity index is 444. The van der Waals surface area contributed by atoms with Crippen LogP contribution in [0.3, 0.4) is 0 Å². The lowest BCUT2D eigenvalue weighted by Gasteiger charge is -2.34. The second-order valence-electron chi connectivity index (χ2n) is 6.29. The first kappa shape index (κ1) is 14.1. The van der Waals surface area contributed by atoms with Crippen molar-refractivity contribution in [2.45, 2.75) is 52.2 Å². The van der Waals surface area contributed by atoms with E-state index in [0.29, 0.717) is 18.1 Å². The van der Waals surface area contributed by atoms with Gasteiger partial charge in [-0.15, -0.1) is 0 Å². The average molecular weight is 260 g/mol. The molecule has 1 fully saturated rings. The molecule has 0 heterocycles. The van der Waals surface area contributed by atoms with Gasteiger partial charge in [-0.25, -0.2) is 0 Å². The maximum Gasteiger partial charge on any atom is 0.122 e. The van der Waals surface area contributed by atoms with Crippen molar-refractivity contribution in [1.29, 1.82) is 5.41 Å². The Hall–Kier alpha value is -1.35. The number of benzene rings is 1. The highest BCUT2D eigenvalue weighted by Crippen LogP contribution is 2.36. The van der Waals surface area contributed by atoms with E-state index < -0.39 is 0 Å². The fourth-order valence-corrected chi connectivity index (χ4v) is 2.58. The molecular formula is C16H24N2O. The van der Waals surface area contributed by atoms with Gasteiger partial charge >= 0.3 is 0 Å². The number of hydrogen-bond acceptors (Lipinski definition) is 2. The Morgan fingerprint density at radius 1 is 1.37 bits per heavy atom. The average Bonchev–Trinajstić information content (AvgIpc) is 2.38. The van der Waals surface area contributed by atoms with Crippen molar-refractivity contribution in [3.63, 3.8) is 0 Å². The highest BCUT2D eigenvalue weighted by molar-refractivity contribution is 5.95. The summed E-state index contributed by atoms with van der Waals surface area (Å²) in [6, 6.07) is 7.75. The first-order valence-electron chi connectivity index (χ1n) is 7.01. The number of ether oxygens (including phenoxy) is 1. The zero-order chi connectivity index (χ0) is 13.9. The lowest BCUT2D eigenvalue weighted by atomic mass is 9.76. The van der Waals surface area contributed by atoms with Gasteiger partial charge in [0.05, 0.1) is 12.7 Å². The summed E-state index contributed by atoms with van der Waals surface area (Å²) in [5.74, 6) is 0.112. The predicted octanol–water partition coefficient (Wildman–Crippen LogP) is 3.46. The zero-order valence-electron chi connectivity index (χ0n) is 11.9. The molecule has 0 radical (unpaired) electrons. The highest BCUT2D eigenvalue weighted by Gasteiger charge is 2.27. The van der Waals surface area contributed by atoms with E-state index in [1.54, 1.807) is 0 Å². The third kappa shape index (κ3) is 4.06. The molecule has 1 aromatic rings. The Morgan fingerprint density at radius 2 is 2.05 bits per heavy atom. The monoisotopic (exact) mass is 260 g/mol. The second-order valence-corrected chi connectivity index (χ2v) is 6.29. The summed E-state index contributed by atoms with van der Waals surface area (Å²) < 4.78 is 5.99. The van der Waals surface area contributed by atoms with E-state index in [4.69, 9.17) is 15.9 Å². The first-order chi connectivity index (χ1) is 8.96. The van der Waals surface area contributed by atoms with E-state index in [1.165, 1.54) is 12.8 Å². The van der Waals surface area contributed by atoms with Gasteiger partial charge in [0.1, 0.15) is 5.84 Å². The van der Waals surface area contributed by atoms with Crippen molar-refractivity contribution < 1.29 is 4.74 Å². The molecule has 0 amide bonds. The van der Waals surface area contributed by atoms with Crippen LogP contribution in [0.25, 0.3) is 0 Å². The summed E-state index contributed by atoms with van der Waals surface area (Å²) in [5, 5.41) is 7.44. The number of nitrogens with two attached hydrogens (primary N) is 1. The number of rotatable bonds is 4. The van der Waals surface area contributed by atoms with Gasteiger partial charge in [-0.2, -0.15) is 0 Å². The molecule has 0 spiro atoms. The van der Waals surface area contributed by atoms with Gasteiger partial charge in [-0.3, -0.25) is 5.41 Å². The molecular weight excluding hydrogens is 236 g/mol. The molecule has 1 aliphatic rings. The Kier molecular flexibility index (Phi) is 4.25. The molecule has 1 saturated carbocycles. The molecule has 1 aliphatic carbocycles. The van der Waals surface area contributed by atoms with Crippen LogP contribution in [0.1, 0.15) is 50.7 Å². The molecule has 19 heavy (non-hydrogen) atoms. The molecule has 0 bridgehead atoms.